The van der Waals surface area contributed by atoms with Crippen molar-refractivity contribution < 1.29 is 4.74 Å². The first-order chi connectivity index (χ1) is 5.74. The fourth-order valence-electron chi connectivity index (χ4n) is 0.656. The Hall–Kier alpha value is 0.700. The van der Waals surface area contributed by atoms with E-state index < -0.39 is 0 Å². The van der Waals surface area contributed by atoms with Gasteiger partial charge in [0.2, 0.25) is 0 Å². The van der Waals surface area contributed by atoms with E-state index in [1.54, 1.807) is 0 Å². The molecule has 0 amide bonds. The molecule has 0 N–H and O–H groups in total. The number of ether oxygens (including phenoxy) is 1. The average Bonchev–Trinajstić information content (AvgIpc) is 2.03. The standard InChI is InChI=1S/C7H6ClI2NO/c8-7-5(12-4-3-9)1-2-6(10)11-7/h1-2H,3-4H2. The van der Waals surface area contributed by atoms with Crippen LogP contribution in [0.5, 0.6) is 5.75 Å². The number of hydrogen-bond donors (Lipinski definition) is 0. The van der Waals surface area contributed by atoms with Crippen molar-refractivity contribution in [3.05, 3.63) is 21.0 Å². The highest BCUT2D eigenvalue weighted by Gasteiger charge is 2.02. The first-order valence-electron chi connectivity index (χ1n) is 3.25. The van der Waals surface area contributed by atoms with Crippen LogP contribution in [-0.4, -0.2) is 16.0 Å². The highest BCUT2D eigenvalue weighted by Crippen LogP contribution is 2.22. The van der Waals surface area contributed by atoms with Gasteiger partial charge in [0, 0.05) is 4.43 Å². The third-order valence-corrected chi connectivity index (χ3v) is 2.43. The third-order valence-electron chi connectivity index (χ3n) is 1.12. The Balaban J connectivity index is 2.72. The van der Waals surface area contributed by atoms with Crippen LogP contribution in [0.2, 0.25) is 5.15 Å². The Labute approximate surface area is 103 Å². The number of nitrogens with zero attached hydrogens (tertiary/aromatic N) is 1. The summed E-state index contributed by atoms with van der Waals surface area (Å²) in [4.78, 5) is 4.05. The molecule has 0 bridgehead atoms. The predicted octanol–water partition coefficient (Wildman–Crippen LogP) is 3.15. The lowest BCUT2D eigenvalue weighted by Gasteiger charge is -2.04. The predicted molar refractivity (Wildman–Crippen MR) is 66.3 cm³/mol. The molecule has 0 atom stereocenters. The minimum atomic E-state index is 0.437. The normalized spacial score (nSPS) is 9.92. The van der Waals surface area contributed by atoms with E-state index in [1.807, 2.05) is 12.1 Å². The topological polar surface area (TPSA) is 22.1 Å². The molecule has 0 aliphatic rings. The van der Waals surface area contributed by atoms with Gasteiger partial charge >= 0.3 is 0 Å². The Kier molecular flexibility index (Phi) is 4.88. The smallest absolute Gasteiger partial charge is 0.172 e. The quantitative estimate of drug-likeness (QED) is 0.435. The van der Waals surface area contributed by atoms with Gasteiger partial charge in [-0.15, -0.1) is 0 Å². The molecular formula is C7H6ClI2NO. The largest absolute Gasteiger partial charge is 0.490 e. The molecule has 66 valence electrons. The molecule has 1 aromatic rings. The van der Waals surface area contributed by atoms with Crippen molar-refractivity contribution >= 4 is 56.8 Å². The average molecular weight is 409 g/mol. The van der Waals surface area contributed by atoms with E-state index in [1.165, 1.54) is 0 Å². The number of hydrogen-bond acceptors (Lipinski definition) is 2. The minimum Gasteiger partial charge on any atom is -0.490 e. The fraction of sp³-hybridized carbons (Fsp3) is 0.286. The molecule has 0 spiro atoms. The molecule has 1 heterocycles. The van der Waals surface area contributed by atoms with E-state index in [9.17, 15) is 0 Å². The molecule has 0 aliphatic heterocycles. The second kappa shape index (κ2) is 5.43. The fourth-order valence-corrected chi connectivity index (χ4v) is 1.65. The van der Waals surface area contributed by atoms with Crippen LogP contribution in [0.1, 0.15) is 0 Å². The molecule has 12 heavy (non-hydrogen) atoms. The summed E-state index contributed by atoms with van der Waals surface area (Å²) in [5.74, 6) is 0.661. The van der Waals surface area contributed by atoms with Crippen LogP contribution in [0, 0.1) is 3.70 Å². The summed E-state index contributed by atoms with van der Waals surface area (Å²) < 4.78 is 7.15. The lowest BCUT2D eigenvalue weighted by Crippen LogP contribution is -1.99. The molecule has 0 saturated carbocycles. The molecule has 0 fully saturated rings. The van der Waals surface area contributed by atoms with Crippen molar-refractivity contribution in [2.75, 3.05) is 11.0 Å². The van der Waals surface area contributed by atoms with E-state index in [0.29, 0.717) is 17.5 Å². The van der Waals surface area contributed by atoms with Gasteiger partial charge in [0.05, 0.1) is 6.61 Å². The van der Waals surface area contributed by atoms with Crippen LogP contribution in [0.15, 0.2) is 12.1 Å². The number of aromatic nitrogens is 1. The highest BCUT2D eigenvalue weighted by molar-refractivity contribution is 14.1. The number of halogens is 3. The summed E-state index contributed by atoms with van der Waals surface area (Å²) in [5, 5.41) is 0.437. The molecule has 1 rings (SSSR count). The van der Waals surface area contributed by atoms with Crippen molar-refractivity contribution in [1.29, 1.82) is 0 Å². The van der Waals surface area contributed by atoms with Gasteiger partial charge in [0.15, 0.2) is 10.9 Å². The molecule has 0 radical (unpaired) electrons. The van der Waals surface area contributed by atoms with Gasteiger partial charge in [-0.2, -0.15) is 0 Å². The maximum atomic E-state index is 5.82. The van der Waals surface area contributed by atoms with Gasteiger partial charge < -0.3 is 4.74 Å². The second-order valence-corrected chi connectivity index (χ2v) is 4.50. The van der Waals surface area contributed by atoms with Crippen molar-refractivity contribution in [2.24, 2.45) is 0 Å². The van der Waals surface area contributed by atoms with Crippen molar-refractivity contribution in [3.8, 4) is 5.75 Å². The monoisotopic (exact) mass is 409 g/mol. The molecule has 5 heteroatoms. The molecule has 0 saturated heterocycles. The van der Waals surface area contributed by atoms with Crippen molar-refractivity contribution in [2.45, 2.75) is 0 Å². The van der Waals surface area contributed by atoms with Gasteiger partial charge in [-0.05, 0) is 34.7 Å². The first-order valence-corrected chi connectivity index (χ1v) is 6.23. The Morgan fingerprint density at radius 1 is 1.50 bits per heavy atom. The van der Waals surface area contributed by atoms with E-state index in [-0.39, 0.29) is 0 Å². The van der Waals surface area contributed by atoms with E-state index in [4.69, 9.17) is 16.3 Å². The van der Waals surface area contributed by atoms with E-state index in [0.717, 1.165) is 8.13 Å². The summed E-state index contributed by atoms with van der Waals surface area (Å²) in [6, 6.07) is 3.71. The number of pyridine rings is 1. The van der Waals surface area contributed by atoms with E-state index >= 15 is 0 Å². The van der Waals surface area contributed by atoms with Crippen LogP contribution in [0.3, 0.4) is 0 Å². The molecular weight excluding hydrogens is 403 g/mol. The Bertz CT molecular complexity index is 270. The Morgan fingerprint density at radius 2 is 2.25 bits per heavy atom. The van der Waals surface area contributed by atoms with Crippen LogP contribution in [-0.2, 0) is 0 Å². The summed E-state index contributed by atoms with van der Waals surface area (Å²) >= 11 is 10.2. The SMILES string of the molecule is Clc1nc(I)ccc1OCCI. The number of alkyl halides is 1. The molecule has 2 nitrogen and oxygen atoms in total. The number of rotatable bonds is 3. The maximum absolute atomic E-state index is 5.82. The zero-order chi connectivity index (χ0) is 8.97. The highest BCUT2D eigenvalue weighted by atomic mass is 127. The summed E-state index contributed by atoms with van der Waals surface area (Å²) in [7, 11) is 0. The zero-order valence-corrected chi connectivity index (χ0v) is 11.1. The minimum absolute atomic E-state index is 0.437. The maximum Gasteiger partial charge on any atom is 0.172 e. The van der Waals surface area contributed by atoms with Gasteiger partial charge in [-0.3, -0.25) is 0 Å². The van der Waals surface area contributed by atoms with Crippen molar-refractivity contribution in [3.63, 3.8) is 0 Å². The van der Waals surface area contributed by atoms with Gasteiger partial charge in [-0.25, -0.2) is 4.98 Å². The third kappa shape index (κ3) is 3.21. The van der Waals surface area contributed by atoms with Crippen LogP contribution in [0.4, 0.5) is 0 Å². The molecule has 0 aromatic carbocycles. The summed E-state index contributed by atoms with van der Waals surface area (Å²) in [6.45, 7) is 0.669. The Morgan fingerprint density at radius 3 is 2.83 bits per heavy atom. The molecule has 1 aromatic heterocycles. The van der Waals surface area contributed by atoms with Crippen LogP contribution >= 0.6 is 56.8 Å². The second-order valence-electron chi connectivity index (χ2n) is 1.96. The molecule has 0 aliphatic carbocycles. The lowest BCUT2D eigenvalue weighted by atomic mass is 10.5. The van der Waals surface area contributed by atoms with Gasteiger partial charge in [-0.1, -0.05) is 34.2 Å². The molecule has 0 unspecified atom stereocenters. The summed E-state index contributed by atoms with van der Waals surface area (Å²) in [5.41, 5.74) is 0. The van der Waals surface area contributed by atoms with Gasteiger partial charge in [0.25, 0.3) is 0 Å². The summed E-state index contributed by atoms with van der Waals surface area (Å²) in [6.07, 6.45) is 0. The van der Waals surface area contributed by atoms with E-state index in [2.05, 4.69) is 50.2 Å². The van der Waals surface area contributed by atoms with Crippen LogP contribution in [0.25, 0.3) is 0 Å². The van der Waals surface area contributed by atoms with Crippen molar-refractivity contribution in [1.82, 2.24) is 4.98 Å². The lowest BCUT2D eigenvalue weighted by molar-refractivity contribution is 0.345. The zero-order valence-electron chi connectivity index (χ0n) is 6.06. The van der Waals surface area contributed by atoms with Gasteiger partial charge in [0.1, 0.15) is 3.70 Å². The van der Waals surface area contributed by atoms with Crippen LogP contribution < -0.4 is 4.74 Å². The first kappa shape index (κ1) is 10.8.